The molecule has 152 valence electrons. The van der Waals surface area contributed by atoms with Crippen molar-refractivity contribution in [2.24, 2.45) is 5.92 Å². The Kier molecular flexibility index (Phi) is 6.50. The molecule has 28 heavy (non-hydrogen) atoms. The highest BCUT2D eigenvalue weighted by Gasteiger charge is 2.30. The lowest BCUT2D eigenvalue weighted by Gasteiger charge is -2.34. The number of halogens is 1. The number of amides is 1. The summed E-state index contributed by atoms with van der Waals surface area (Å²) in [4.78, 5) is 17.4. The molecule has 6 heteroatoms. The van der Waals surface area contributed by atoms with Gasteiger partial charge in [0.05, 0.1) is 0 Å². The predicted molar refractivity (Wildman–Crippen MR) is 109 cm³/mol. The third kappa shape index (κ3) is 4.79. The van der Waals surface area contributed by atoms with Crippen molar-refractivity contribution < 1.29 is 9.18 Å². The molecule has 1 amide bonds. The highest BCUT2D eigenvalue weighted by Crippen LogP contribution is 2.22. The molecule has 0 bridgehead atoms. The molecule has 0 aliphatic carbocycles. The monoisotopic (exact) mass is 386 g/mol. The number of nitrogens with one attached hydrogen (secondary N) is 1. The lowest BCUT2D eigenvalue weighted by Crippen LogP contribution is -2.45. The number of aromatic amines is 1. The number of carbonyl (C=O) groups is 1. The van der Waals surface area contributed by atoms with E-state index in [1.165, 1.54) is 12.1 Å². The number of benzene rings is 1. The number of hydrogen-bond donors (Lipinski definition) is 1. The second-order valence-electron chi connectivity index (χ2n) is 8.38. The Morgan fingerprint density at radius 2 is 1.93 bits per heavy atom. The van der Waals surface area contributed by atoms with Gasteiger partial charge in [0.15, 0.2) is 0 Å². The van der Waals surface area contributed by atoms with E-state index < -0.39 is 0 Å². The summed E-state index contributed by atoms with van der Waals surface area (Å²) in [6, 6.07) is 8.84. The minimum absolute atomic E-state index is 0.00238. The molecule has 2 heterocycles. The van der Waals surface area contributed by atoms with Crippen molar-refractivity contribution in [3.63, 3.8) is 0 Å². The van der Waals surface area contributed by atoms with Gasteiger partial charge in [0.25, 0.3) is 5.91 Å². The first-order valence-corrected chi connectivity index (χ1v) is 10.2. The maximum atomic E-state index is 13.2. The highest BCUT2D eigenvalue weighted by molar-refractivity contribution is 5.92. The molecule has 2 aromatic rings. The Labute approximate surface area is 166 Å². The Morgan fingerprint density at radius 1 is 1.21 bits per heavy atom. The Bertz CT molecular complexity index is 784. The average molecular weight is 387 g/mol. The van der Waals surface area contributed by atoms with E-state index in [2.05, 4.69) is 42.8 Å². The second-order valence-corrected chi connectivity index (χ2v) is 8.38. The number of carbonyl (C=O) groups excluding carboxylic acids is 1. The largest absolute Gasteiger partial charge is 0.336 e. The van der Waals surface area contributed by atoms with Gasteiger partial charge in [-0.05, 0) is 42.0 Å². The van der Waals surface area contributed by atoms with Gasteiger partial charge in [-0.3, -0.25) is 14.8 Å². The minimum Gasteiger partial charge on any atom is -0.336 e. The van der Waals surface area contributed by atoms with Crippen LogP contribution in [0.2, 0.25) is 0 Å². The number of aromatic nitrogens is 2. The lowest BCUT2D eigenvalue weighted by atomic mass is 10.0. The van der Waals surface area contributed by atoms with Crippen LogP contribution in [0, 0.1) is 11.7 Å². The van der Waals surface area contributed by atoms with E-state index in [0.29, 0.717) is 24.1 Å². The fourth-order valence-corrected chi connectivity index (χ4v) is 3.80. The number of H-pyrrole nitrogens is 1. The van der Waals surface area contributed by atoms with Crippen LogP contribution < -0.4 is 0 Å². The van der Waals surface area contributed by atoms with Crippen LogP contribution in [0.5, 0.6) is 0 Å². The third-order valence-corrected chi connectivity index (χ3v) is 5.54. The lowest BCUT2D eigenvalue weighted by molar-refractivity contribution is 0.0696. The first-order valence-electron chi connectivity index (χ1n) is 10.2. The van der Waals surface area contributed by atoms with Crippen molar-refractivity contribution in [3.05, 3.63) is 53.1 Å². The van der Waals surface area contributed by atoms with E-state index in [-0.39, 0.29) is 17.8 Å². The summed E-state index contributed by atoms with van der Waals surface area (Å²) in [5.41, 5.74) is 2.58. The maximum absolute atomic E-state index is 13.2. The zero-order chi connectivity index (χ0) is 20.3. The Balaban J connectivity index is 1.74. The molecule has 0 radical (unpaired) electrons. The number of hydrogen-bond acceptors (Lipinski definition) is 3. The maximum Gasteiger partial charge on any atom is 0.274 e. The molecule has 1 aromatic carbocycles. The van der Waals surface area contributed by atoms with Gasteiger partial charge in [-0.1, -0.05) is 39.8 Å². The molecule has 1 N–H and O–H groups in total. The van der Waals surface area contributed by atoms with Crippen LogP contribution in [0.1, 0.15) is 61.8 Å². The van der Waals surface area contributed by atoms with Gasteiger partial charge in [-0.2, -0.15) is 5.10 Å². The molecule has 1 aromatic heterocycles. The van der Waals surface area contributed by atoms with Gasteiger partial charge in [0.1, 0.15) is 11.5 Å². The van der Waals surface area contributed by atoms with E-state index in [4.69, 9.17) is 0 Å². The van der Waals surface area contributed by atoms with Gasteiger partial charge in [0.2, 0.25) is 0 Å². The highest BCUT2D eigenvalue weighted by atomic mass is 19.1. The number of nitrogens with zero attached hydrogens (tertiary/aromatic N) is 3. The van der Waals surface area contributed by atoms with Gasteiger partial charge in [-0.15, -0.1) is 0 Å². The first-order chi connectivity index (χ1) is 13.3. The normalized spacial score (nSPS) is 18.7. The molecule has 1 fully saturated rings. The molecule has 1 saturated heterocycles. The Hall–Kier alpha value is -2.21. The summed E-state index contributed by atoms with van der Waals surface area (Å²) in [5.74, 6) is 0.501. The zero-order valence-corrected chi connectivity index (χ0v) is 17.3. The van der Waals surface area contributed by atoms with E-state index in [1.807, 2.05) is 23.1 Å². The molecule has 5 nitrogen and oxygen atoms in total. The smallest absolute Gasteiger partial charge is 0.274 e. The predicted octanol–water partition coefficient (Wildman–Crippen LogP) is 4.04. The van der Waals surface area contributed by atoms with Crippen LogP contribution in [-0.4, -0.2) is 51.6 Å². The molecule has 0 unspecified atom stereocenters. The summed E-state index contributed by atoms with van der Waals surface area (Å²) < 4.78 is 13.2. The summed E-state index contributed by atoms with van der Waals surface area (Å²) in [7, 11) is 0. The van der Waals surface area contributed by atoms with Crippen molar-refractivity contribution in [2.45, 2.75) is 52.6 Å². The molecule has 1 aliphatic heterocycles. The Morgan fingerprint density at radius 3 is 2.54 bits per heavy atom. The van der Waals surface area contributed by atoms with Crippen LogP contribution in [0.25, 0.3) is 0 Å². The van der Waals surface area contributed by atoms with E-state index in [1.54, 1.807) is 0 Å². The topological polar surface area (TPSA) is 52.2 Å². The van der Waals surface area contributed by atoms with Crippen molar-refractivity contribution >= 4 is 5.91 Å². The molecule has 0 spiro atoms. The molecule has 1 atom stereocenters. The quantitative estimate of drug-likeness (QED) is 0.844. The average Bonchev–Trinajstić information content (AvgIpc) is 3.06. The van der Waals surface area contributed by atoms with Crippen molar-refractivity contribution in [3.8, 4) is 0 Å². The summed E-state index contributed by atoms with van der Waals surface area (Å²) in [6.45, 7) is 11.6. The van der Waals surface area contributed by atoms with Crippen LogP contribution in [0.4, 0.5) is 4.39 Å². The third-order valence-electron chi connectivity index (χ3n) is 5.54. The van der Waals surface area contributed by atoms with Crippen LogP contribution in [0.15, 0.2) is 30.3 Å². The molecular formula is C22H31FN4O. The fraction of sp³-hybridized carbons (Fsp3) is 0.545. The van der Waals surface area contributed by atoms with Crippen molar-refractivity contribution in [1.82, 2.24) is 20.0 Å². The van der Waals surface area contributed by atoms with Crippen LogP contribution >= 0.6 is 0 Å². The van der Waals surface area contributed by atoms with Gasteiger partial charge in [0, 0.05) is 37.9 Å². The van der Waals surface area contributed by atoms with Crippen LogP contribution in [-0.2, 0) is 6.54 Å². The van der Waals surface area contributed by atoms with Gasteiger partial charge in [-0.25, -0.2) is 4.39 Å². The fourth-order valence-electron chi connectivity index (χ4n) is 3.80. The first kappa shape index (κ1) is 20.5. The summed E-state index contributed by atoms with van der Waals surface area (Å²) in [5, 5.41) is 7.22. The summed E-state index contributed by atoms with van der Waals surface area (Å²) in [6.07, 6.45) is 0.914. The SMILES string of the molecule is CC(C)c1cc(C(=O)N2CCCN(Cc3ccc(F)cc3)[C@H](C(C)C)C2)n[nH]1. The molecule has 0 saturated carbocycles. The van der Waals surface area contributed by atoms with E-state index in [9.17, 15) is 9.18 Å². The number of rotatable bonds is 5. The summed E-state index contributed by atoms with van der Waals surface area (Å²) >= 11 is 0. The van der Waals surface area contributed by atoms with E-state index in [0.717, 1.165) is 37.3 Å². The zero-order valence-electron chi connectivity index (χ0n) is 17.3. The standard InChI is InChI=1S/C22H31FN4O/c1-15(2)19-12-20(25-24-19)22(28)27-11-5-10-26(21(14-27)16(3)4)13-17-6-8-18(23)9-7-17/h6-9,12,15-16,21H,5,10-11,13-14H2,1-4H3,(H,24,25)/t21-/m0/s1. The molecule has 1 aliphatic rings. The van der Waals surface area contributed by atoms with E-state index >= 15 is 0 Å². The van der Waals surface area contributed by atoms with Gasteiger partial charge >= 0.3 is 0 Å². The van der Waals surface area contributed by atoms with Crippen LogP contribution in [0.3, 0.4) is 0 Å². The minimum atomic E-state index is -0.212. The van der Waals surface area contributed by atoms with Gasteiger partial charge < -0.3 is 4.90 Å². The van der Waals surface area contributed by atoms with Crippen molar-refractivity contribution in [1.29, 1.82) is 0 Å². The van der Waals surface area contributed by atoms with Crippen molar-refractivity contribution in [2.75, 3.05) is 19.6 Å². The molecular weight excluding hydrogens is 355 g/mol. The molecule has 3 rings (SSSR count). The second kappa shape index (κ2) is 8.86.